The molecular formula is C24H29N5O8. The van der Waals surface area contributed by atoms with E-state index in [1.807, 2.05) is 0 Å². The number of hydrogen-bond acceptors (Lipinski definition) is 11. The van der Waals surface area contributed by atoms with Gasteiger partial charge < -0.3 is 31.1 Å². The quantitative estimate of drug-likeness (QED) is 0.203. The molecule has 1 fully saturated rings. The highest BCUT2D eigenvalue weighted by atomic mass is 16.3. The van der Waals surface area contributed by atoms with Gasteiger partial charge in [0.05, 0.1) is 16.9 Å². The van der Waals surface area contributed by atoms with Crippen molar-refractivity contribution in [2.45, 2.75) is 24.5 Å². The molecule has 0 aromatic heterocycles. The summed E-state index contributed by atoms with van der Waals surface area (Å²) in [6, 6.07) is 0.365. The number of anilines is 2. The number of fused-ring (bicyclic) bond motifs is 3. The number of hydrogen-bond donors (Lipinski definition) is 5. The van der Waals surface area contributed by atoms with Crippen molar-refractivity contribution in [3.8, 4) is 5.75 Å². The third-order valence-electron chi connectivity index (χ3n) is 7.63. The topological polar surface area (TPSA) is 197 Å². The smallest absolute Gasteiger partial charge is 0.255 e. The minimum atomic E-state index is -2.72. The summed E-state index contributed by atoms with van der Waals surface area (Å²) in [6.45, 7) is 0. The minimum absolute atomic E-state index is 0.0169. The van der Waals surface area contributed by atoms with Crippen LogP contribution in [0.25, 0.3) is 5.76 Å². The highest BCUT2D eigenvalue weighted by molar-refractivity contribution is 6.24. The molecule has 0 heterocycles. The fourth-order valence-electron chi connectivity index (χ4n) is 5.97. The molecule has 37 heavy (non-hydrogen) atoms. The van der Waals surface area contributed by atoms with E-state index in [1.165, 1.54) is 32.1 Å². The van der Waals surface area contributed by atoms with Crippen LogP contribution in [0.1, 0.15) is 17.5 Å². The van der Waals surface area contributed by atoms with E-state index in [1.54, 1.807) is 19.0 Å². The number of primary amides is 1. The normalized spacial score (nSPS) is 27.1. The number of phenolic OH excluding ortho intramolecular Hbond substituents is 1. The van der Waals surface area contributed by atoms with Crippen LogP contribution in [0.5, 0.6) is 5.75 Å². The Hall–Kier alpha value is -3.97. The lowest BCUT2D eigenvalue weighted by molar-refractivity contribution is -0.153. The first-order valence-electron chi connectivity index (χ1n) is 11.5. The predicted molar refractivity (Wildman–Crippen MR) is 133 cm³/mol. The van der Waals surface area contributed by atoms with Gasteiger partial charge in [0.1, 0.15) is 22.8 Å². The van der Waals surface area contributed by atoms with Gasteiger partial charge in [0.25, 0.3) is 5.91 Å². The molecule has 4 atom stereocenters. The lowest BCUT2D eigenvalue weighted by Gasteiger charge is -2.50. The van der Waals surface area contributed by atoms with Gasteiger partial charge in [-0.25, -0.2) is 5.01 Å². The second-order valence-electron chi connectivity index (χ2n) is 10.1. The Kier molecular flexibility index (Phi) is 6.04. The van der Waals surface area contributed by atoms with Gasteiger partial charge in [0.2, 0.25) is 5.78 Å². The number of nitroso groups, excluding NO2 is 1. The summed E-state index contributed by atoms with van der Waals surface area (Å²) in [6.07, 6.45) is 0.116. The molecule has 1 aromatic rings. The predicted octanol–water partition coefficient (Wildman–Crippen LogP) is 0.148. The van der Waals surface area contributed by atoms with E-state index in [2.05, 4.69) is 5.29 Å². The van der Waals surface area contributed by atoms with Gasteiger partial charge in [-0.05, 0) is 44.5 Å². The van der Waals surface area contributed by atoms with E-state index < -0.39 is 63.8 Å². The molecule has 198 valence electrons. The fraction of sp³-hybridized carbons (Fsp3) is 0.458. The molecule has 4 rings (SSSR count). The number of phenols is 1. The number of carbonyl (C=O) groups excluding carboxylic acids is 3. The number of amides is 1. The number of Topliss-reactive ketones (excluding diaryl/α,β-unsaturated/α-hetero) is 2. The van der Waals surface area contributed by atoms with E-state index in [9.17, 15) is 39.7 Å². The standard InChI is InChI=1S/C24H29N5O8/c1-27(2)12-8-13(29(5)26-37)18(30)15-10(12)6-9-7-11-17(28(3)4)20(32)16(23(25)35)22(34)24(11,36)21(33)14(9)19(15)31/h8-9,11,17,30-31,34,36H,6-7H2,1-5H3,(H2,25,35)/t9?,11?,17-,24-/m0/s1. The Morgan fingerprint density at radius 1 is 1.11 bits per heavy atom. The molecule has 2 unspecified atom stereocenters. The average Bonchev–Trinajstić information content (AvgIpc) is 2.80. The molecule has 0 aliphatic heterocycles. The molecule has 0 spiro atoms. The van der Waals surface area contributed by atoms with Crippen LogP contribution in [0, 0.1) is 16.7 Å². The lowest BCUT2D eigenvalue weighted by Crippen LogP contribution is -2.65. The van der Waals surface area contributed by atoms with Crippen molar-refractivity contribution < 1.29 is 34.8 Å². The van der Waals surface area contributed by atoms with Crippen molar-refractivity contribution in [1.29, 1.82) is 0 Å². The van der Waals surface area contributed by atoms with E-state index in [0.717, 1.165) is 5.01 Å². The van der Waals surface area contributed by atoms with Crippen LogP contribution < -0.4 is 15.6 Å². The number of nitrogens with two attached hydrogens (primary N) is 1. The van der Waals surface area contributed by atoms with Crippen molar-refractivity contribution in [1.82, 2.24) is 4.90 Å². The first kappa shape index (κ1) is 26.1. The SMILES string of the molecule is CN(C)c1cc(N(C)N=O)c(O)c2c1CC1CC3[C@H](N(C)C)C(=O)C(C(N)=O)=C(O)[C@@]3(O)C(=O)C1=C2O. The van der Waals surface area contributed by atoms with Gasteiger partial charge in [0.15, 0.2) is 17.1 Å². The van der Waals surface area contributed by atoms with Crippen molar-refractivity contribution in [2.75, 3.05) is 45.1 Å². The zero-order valence-corrected chi connectivity index (χ0v) is 21.0. The van der Waals surface area contributed by atoms with Crippen molar-refractivity contribution in [2.24, 2.45) is 22.9 Å². The Balaban J connectivity index is 2.02. The van der Waals surface area contributed by atoms with Crippen LogP contribution in [-0.4, -0.2) is 89.7 Å². The number of aliphatic hydroxyl groups is 3. The highest BCUT2D eigenvalue weighted by Crippen LogP contribution is 2.54. The Labute approximate surface area is 212 Å². The maximum Gasteiger partial charge on any atom is 0.255 e. The van der Waals surface area contributed by atoms with Crippen LogP contribution in [-0.2, 0) is 20.8 Å². The molecule has 3 aliphatic rings. The summed E-state index contributed by atoms with van der Waals surface area (Å²) in [5, 5.41) is 48.6. The van der Waals surface area contributed by atoms with Crippen LogP contribution in [0.15, 0.2) is 28.3 Å². The molecule has 6 N–H and O–H groups in total. The number of ketones is 2. The number of carbonyl (C=O) groups is 3. The number of benzene rings is 1. The summed E-state index contributed by atoms with van der Waals surface area (Å²) in [7, 11) is 7.82. The average molecular weight is 516 g/mol. The van der Waals surface area contributed by atoms with E-state index in [4.69, 9.17) is 5.73 Å². The molecular weight excluding hydrogens is 486 g/mol. The Morgan fingerprint density at radius 2 is 1.73 bits per heavy atom. The van der Waals surface area contributed by atoms with Gasteiger partial charge in [0, 0.05) is 38.3 Å². The summed E-state index contributed by atoms with van der Waals surface area (Å²) < 4.78 is 0. The summed E-state index contributed by atoms with van der Waals surface area (Å²) in [4.78, 5) is 53.4. The van der Waals surface area contributed by atoms with Crippen LogP contribution >= 0.6 is 0 Å². The number of likely N-dealkylation sites (N-methyl/N-ethyl adjacent to an activating group) is 1. The first-order chi connectivity index (χ1) is 17.2. The highest BCUT2D eigenvalue weighted by Gasteiger charge is 2.64. The maximum absolute atomic E-state index is 13.9. The van der Waals surface area contributed by atoms with E-state index in [-0.39, 0.29) is 29.7 Å². The third-order valence-corrected chi connectivity index (χ3v) is 7.63. The van der Waals surface area contributed by atoms with Crippen LogP contribution in [0.4, 0.5) is 11.4 Å². The van der Waals surface area contributed by atoms with Gasteiger partial charge >= 0.3 is 0 Å². The van der Waals surface area contributed by atoms with Gasteiger partial charge in [-0.1, -0.05) is 0 Å². The minimum Gasteiger partial charge on any atom is -0.508 e. The van der Waals surface area contributed by atoms with Crippen LogP contribution in [0.2, 0.25) is 0 Å². The molecule has 13 nitrogen and oxygen atoms in total. The van der Waals surface area contributed by atoms with Gasteiger partial charge in [-0.2, -0.15) is 0 Å². The van der Waals surface area contributed by atoms with Crippen LogP contribution in [0.3, 0.4) is 0 Å². The molecule has 13 heteroatoms. The van der Waals surface area contributed by atoms with Crippen molar-refractivity contribution in [3.05, 3.63) is 39.0 Å². The van der Waals surface area contributed by atoms with E-state index >= 15 is 0 Å². The number of rotatable bonds is 5. The van der Waals surface area contributed by atoms with Crippen molar-refractivity contribution in [3.63, 3.8) is 0 Å². The molecule has 0 bridgehead atoms. The molecule has 1 aromatic carbocycles. The summed E-state index contributed by atoms with van der Waals surface area (Å²) >= 11 is 0. The van der Waals surface area contributed by atoms with Gasteiger partial charge in [-0.3, -0.25) is 19.3 Å². The maximum atomic E-state index is 13.9. The first-order valence-corrected chi connectivity index (χ1v) is 11.5. The molecule has 1 saturated carbocycles. The van der Waals surface area contributed by atoms with Crippen molar-refractivity contribution >= 4 is 34.6 Å². The van der Waals surface area contributed by atoms with E-state index in [0.29, 0.717) is 11.3 Å². The third kappa shape index (κ3) is 3.41. The second-order valence-corrected chi connectivity index (χ2v) is 10.1. The zero-order valence-electron chi connectivity index (χ0n) is 21.0. The summed E-state index contributed by atoms with van der Waals surface area (Å²) in [5.41, 5.74) is 2.34. The molecule has 0 saturated heterocycles. The second kappa shape index (κ2) is 8.56. The zero-order chi connectivity index (χ0) is 27.7. The molecule has 1 amide bonds. The Morgan fingerprint density at radius 3 is 2.24 bits per heavy atom. The van der Waals surface area contributed by atoms with Gasteiger partial charge in [-0.15, -0.1) is 4.91 Å². The molecule has 3 aliphatic carbocycles. The Bertz CT molecular complexity index is 1320. The number of aliphatic hydroxyl groups excluding tert-OH is 2. The number of aromatic hydroxyl groups is 1. The number of nitrogens with zero attached hydrogens (tertiary/aromatic N) is 4. The largest absolute Gasteiger partial charge is 0.508 e. The summed E-state index contributed by atoms with van der Waals surface area (Å²) in [5.74, 6) is -7.38. The lowest BCUT2D eigenvalue weighted by atomic mass is 9.57. The molecule has 0 radical (unpaired) electrons. The fourth-order valence-corrected chi connectivity index (χ4v) is 5.97. The monoisotopic (exact) mass is 515 g/mol.